The molecule has 0 saturated carbocycles. The first-order valence-corrected chi connectivity index (χ1v) is 7.65. The van der Waals surface area contributed by atoms with E-state index in [2.05, 4.69) is 18.8 Å². The third kappa shape index (κ3) is 3.91. The molecule has 5 heteroatoms. The molecule has 15 heavy (non-hydrogen) atoms. The van der Waals surface area contributed by atoms with Crippen molar-refractivity contribution in [1.82, 2.24) is 4.57 Å². The molecule has 0 saturated heterocycles. The summed E-state index contributed by atoms with van der Waals surface area (Å²) >= 11 is 0. The predicted molar refractivity (Wildman–Crippen MR) is 66.7 cm³/mol. The second-order valence-electron chi connectivity index (χ2n) is 3.46. The van der Waals surface area contributed by atoms with Crippen LogP contribution < -0.4 is 9.67 Å². The molecule has 86 valence electrons. The Hall–Kier alpha value is -0.420. The van der Waals surface area contributed by atoms with Gasteiger partial charge in [0.25, 0.3) is 0 Å². The highest BCUT2D eigenvalue weighted by molar-refractivity contribution is 7.67. The Labute approximate surface area is 97.5 Å². The quantitative estimate of drug-likeness (QED) is 0.561. The van der Waals surface area contributed by atoms with Crippen molar-refractivity contribution in [2.24, 2.45) is 4.99 Å². The highest BCUT2D eigenvalue weighted by Gasteiger charge is 2.01. The van der Waals surface area contributed by atoms with E-state index in [0.717, 1.165) is 43.6 Å². The van der Waals surface area contributed by atoms with Crippen LogP contribution in [0.1, 0.15) is 39.5 Å². The third-order valence-corrected chi connectivity index (χ3v) is 4.20. The van der Waals surface area contributed by atoms with Crippen LogP contribution in [0, 0.1) is 0 Å². The molecular formula is C10H18N2OS2. The fourth-order valence-electron chi connectivity index (χ4n) is 1.19. The van der Waals surface area contributed by atoms with Crippen LogP contribution in [0.25, 0.3) is 0 Å². The average molecular weight is 246 g/mol. The largest absolute Gasteiger partial charge is 0.319 e. The molecule has 0 bridgehead atoms. The van der Waals surface area contributed by atoms with E-state index >= 15 is 0 Å². The van der Waals surface area contributed by atoms with Crippen LogP contribution in [0.2, 0.25) is 0 Å². The smallest absolute Gasteiger partial charge is 0.275 e. The lowest BCUT2D eigenvalue weighted by atomic mass is 10.3. The second kappa shape index (κ2) is 6.95. The van der Waals surface area contributed by atoms with Gasteiger partial charge >= 0.3 is 4.87 Å². The summed E-state index contributed by atoms with van der Waals surface area (Å²) in [6, 6.07) is 0. The molecule has 0 aliphatic carbocycles. The second-order valence-corrected chi connectivity index (χ2v) is 5.50. The van der Waals surface area contributed by atoms with Crippen molar-refractivity contribution in [3.8, 4) is 0 Å². The molecule has 0 atom stereocenters. The van der Waals surface area contributed by atoms with Crippen LogP contribution in [-0.4, -0.2) is 11.1 Å². The number of aromatic nitrogens is 1. The summed E-state index contributed by atoms with van der Waals surface area (Å²) in [6.07, 6.45) is 4.42. The first kappa shape index (κ1) is 12.6. The van der Waals surface area contributed by atoms with Crippen molar-refractivity contribution < 1.29 is 0 Å². The van der Waals surface area contributed by atoms with Crippen molar-refractivity contribution in [2.75, 3.05) is 6.54 Å². The molecule has 0 aliphatic heterocycles. The lowest BCUT2D eigenvalue weighted by Crippen LogP contribution is -2.25. The summed E-state index contributed by atoms with van der Waals surface area (Å²) in [5.41, 5.74) is 0. The van der Waals surface area contributed by atoms with E-state index in [1.54, 1.807) is 0 Å². The van der Waals surface area contributed by atoms with E-state index in [-0.39, 0.29) is 4.87 Å². The maximum atomic E-state index is 11.5. The standard InChI is InChI=1S/C10H18N2OS2/c1-3-5-7-11-9-12(8-6-4-2)10(13)15-14-9/h3-8H2,1-2H3. The van der Waals surface area contributed by atoms with Gasteiger partial charge in [-0.15, -0.1) is 0 Å². The van der Waals surface area contributed by atoms with Crippen LogP contribution in [0.4, 0.5) is 0 Å². The Morgan fingerprint density at radius 2 is 1.93 bits per heavy atom. The van der Waals surface area contributed by atoms with Crippen molar-refractivity contribution in [3.05, 3.63) is 14.5 Å². The van der Waals surface area contributed by atoms with E-state index in [4.69, 9.17) is 0 Å². The molecule has 0 radical (unpaired) electrons. The van der Waals surface area contributed by atoms with Crippen molar-refractivity contribution in [1.29, 1.82) is 0 Å². The van der Waals surface area contributed by atoms with Crippen LogP contribution in [0.3, 0.4) is 0 Å². The van der Waals surface area contributed by atoms with E-state index in [0.29, 0.717) is 0 Å². The molecule has 1 heterocycles. The molecule has 0 fully saturated rings. The number of rotatable bonds is 6. The molecule has 1 aromatic heterocycles. The minimum absolute atomic E-state index is 0.142. The fraction of sp³-hybridized carbons (Fsp3) is 0.800. The normalized spacial score (nSPS) is 12.3. The van der Waals surface area contributed by atoms with Gasteiger partial charge in [-0.3, -0.25) is 14.4 Å². The molecule has 3 nitrogen and oxygen atoms in total. The zero-order chi connectivity index (χ0) is 11.1. The molecule has 1 rings (SSSR count). The SMILES string of the molecule is CCCCN=c1ssc(=O)n1CCCC. The van der Waals surface area contributed by atoms with Crippen molar-refractivity contribution in [3.63, 3.8) is 0 Å². The van der Waals surface area contributed by atoms with Crippen LogP contribution in [0.5, 0.6) is 0 Å². The van der Waals surface area contributed by atoms with Crippen molar-refractivity contribution >= 4 is 20.7 Å². The van der Waals surface area contributed by atoms with Crippen LogP contribution >= 0.6 is 20.7 Å². The minimum Gasteiger partial charge on any atom is -0.275 e. The zero-order valence-electron chi connectivity index (χ0n) is 9.36. The number of nitrogens with zero attached hydrogens (tertiary/aromatic N) is 2. The summed E-state index contributed by atoms with van der Waals surface area (Å²) in [4.78, 5) is 17.0. The van der Waals surface area contributed by atoms with E-state index in [9.17, 15) is 4.79 Å². The van der Waals surface area contributed by atoms with Gasteiger partial charge in [-0.2, -0.15) is 0 Å². The molecule has 0 spiro atoms. The van der Waals surface area contributed by atoms with Gasteiger partial charge in [0.2, 0.25) is 0 Å². The molecular weight excluding hydrogens is 228 g/mol. The first-order chi connectivity index (χ1) is 7.29. The van der Waals surface area contributed by atoms with E-state index in [1.807, 2.05) is 4.57 Å². The summed E-state index contributed by atoms with van der Waals surface area (Å²) in [5, 5.41) is 0. The van der Waals surface area contributed by atoms with Gasteiger partial charge in [0.05, 0.1) is 0 Å². The third-order valence-electron chi connectivity index (χ3n) is 2.13. The van der Waals surface area contributed by atoms with Crippen LogP contribution in [0.15, 0.2) is 9.79 Å². The first-order valence-electron chi connectivity index (χ1n) is 5.50. The van der Waals surface area contributed by atoms with Gasteiger partial charge in [-0.1, -0.05) is 26.7 Å². The molecule has 0 N–H and O–H groups in total. The molecule has 0 aromatic carbocycles. The number of hydrogen-bond donors (Lipinski definition) is 0. The number of unbranched alkanes of at least 4 members (excludes halogenated alkanes) is 2. The lowest BCUT2D eigenvalue weighted by molar-refractivity contribution is 0.602. The Bertz CT molecular complexity index is 389. The highest BCUT2D eigenvalue weighted by Crippen LogP contribution is 1.96. The van der Waals surface area contributed by atoms with E-state index in [1.165, 1.54) is 20.7 Å². The Kier molecular flexibility index (Phi) is 5.86. The molecule has 0 aliphatic rings. The molecule has 0 unspecified atom stereocenters. The van der Waals surface area contributed by atoms with Gasteiger partial charge in [-0.05, 0) is 33.5 Å². The maximum absolute atomic E-state index is 11.5. The Balaban J connectivity index is 2.78. The van der Waals surface area contributed by atoms with Gasteiger partial charge in [0.1, 0.15) is 0 Å². The summed E-state index contributed by atoms with van der Waals surface area (Å²) in [5.74, 6) is 0. The highest BCUT2D eigenvalue weighted by atomic mass is 32.9. The monoisotopic (exact) mass is 246 g/mol. The van der Waals surface area contributed by atoms with E-state index < -0.39 is 0 Å². The van der Waals surface area contributed by atoms with Crippen LogP contribution in [-0.2, 0) is 6.54 Å². The summed E-state index contributed by atoms with van der Waals surface area (Å²) < 4.78 is 1.81. The molecule has 0 amide bonds. The fourth-order valence-corrected chi connectivity index (χ4v) is 3.20. The van der Waals surface area contributed by atoms with Gasteiger partial charge in [0, 0.05) is 13.1 Å². The average Bonchev–Trinajstić information content (AvgIpc) is 2.58. The number of hydrogen-bond acceptors (Lipinski definition) is 4. The summed E-state index contributed by atoms with van der Waals surface area (Å²) in [6.45, 7) is 5.95. The van der Waals surface area contributed by atoms with Gasteiger partial charge in [0.15, 0.2) is 4.80 Å². The minimum atomic E-state index is 0.142. The predicted octanol–water partition coefficient (Wildman–Crippen LogP) is 2.47. The summed E-state index contributed by atoms with van der Waals surface area (Å²) in [7, 11) is 2.80. The van der Waals surface area contributed by atoms with Gasteiger partial charge < -0.3 is 0 Å². The zero-order valence-corrected chi connectivity index (χ0v) is 11.0. The Morgan fingerprint density at radius 3 is 2.60 bits per heavy atom. The maximum Gasteiger partial charge on any atom is 0.319 e. The Morgan fingerprint density at radius 1 is 1.20 bits per heavy atom. The van der Waals surface area contributed by atoms with Crippen molar-refractivity contribution in [2.45, 2.75) is 46.1 Å². The van der Waals surface area contributed by atoms with Gasteiger partial charge in [-0.25, -0.2) is 0 Å². The topological polar surface area (TPSA) is 34.4 Å². The molecule has 1 aromatic rings. The lowest BCUT2D eigenvalue weighted by Gasteiger charge is -1.98.